The Morgan fingerprint density at radius 3 is 2.71 bits per heavy atom. The fraction of sp³-hybridized carbons (Fsp3) is 0.375. The van der Waals surface area contributed by atoms with Gasteiger partial charge in [0.15, 0.2) is 0 Å². The van der Waals surface area contributed by atoms with E-state index < -0.39 is 18.2 Å². The second-order valence-corrected chi connectivity index (χ2v) is 6.08. The molecule has 1 aromatic rings. The van der Waals surface area contributed by atoms with Gasteiger partial charge >= 0.3 is 12.1 Å². The minimum absolute atomic E-state index is 0.0500. The molecule has 0 aliphatic rings. The average molecular weight is 374 g/mol. The Bertz CT molecular complexity index is 538. The zero-order valence-electron chi connectivity index (χ0n) is 13.3. The lowest BCUT2D eigenvalue weighted by atomic mass is 10.4. The monoisotopic (exact) mass is 373 g/mol. The zero-order valence-corrected chi connectivity index (χ0v) is 14.9. The lowest BCUT2D eigenvalue weighted by molar-refractivity contribution is -0.137. The Kier molecular flexibility index (Phi) is 9.98. The molecular weight excluding hydrogens is 354 g/mol. The molecule has 0 spiro atoms. The Morgan fingerprint density at radius 1 is 1.38 bits per heavy atom. The molecule has 0 aliphatic carbocycles. The van der Waals surface area contributed by atoms with Crippen LogP contribution in [0.1, 0.15) is 0 Å². The summed E-state index contributed by atoms with van der Waals surface area (Å²) in [6.45, 7) is 3.76. The molecule has 1 rings (SSSR count). The molecule has 0 aliphatic heterocycles. The van der Waals surface area contributed by atoms with E-state index in [2.05, 4.69) is 11.9 Å². The van der Waals surface area contributed by atoms with Gasteiger partial charge in [-0.05, 0) is 24.3 Å². The van der Waals surface area contributed by atoms with Crippen LogP contribution in [0.2, 0.25) is 5.02 Å². The Labute approximate surface area is 150 Å². The predicted molar refractivity (Wildman–Crippen MR) is 93.5 cm³/mol. The van der Waals surface area contributed by atoms with Gasteiger partial charge in [0.05, 0.1) is 13.2 Å². The van der Waals surface area contributed by atoms with Gasteiger partial charge in [-0.25, -0.2) is 9.59 Å². The van der Waals surface area contributed by atoms with Crippen LogP contribution in [-0.4, -0.2) is 50.8 Å². The van der Waals surface area contributed by atoms with E-state index in [4.69, 9.17) is 25.8 Å². The maximum Gasteiger partial charge on any atom is 0.407 e. The maximum atomic E-state index is 11.7. The fourth-order valence-electron chi connectivity index (χ4n) is 1.58. The van der Waals surface area contributed by atoms with Gasteiger partial charge in [-0.2, -0.15) is 0 Å². The van der Waals surface area contributed by atoms with Crippen LogP contribution < -0.4 is 5.32 Å². The molecule has 0 saturated carbocycles. The van der Waals surface area contributed by atoms with E-state index in [1.165, 1.54) is 18.9 Å². The summed E-state index contributed by atoms with van der Waals surface area (Å²) in [6.07, 6.45) is 0.0517. The van der Waals surface area contributed by atoms with Crippen molar-refractivity contribution >= 4 is 35.4 Å². The molecule has 1 unspecified atom stereocenters. The molecule has 8 heteroatoms. The summed E-state index contributed by atoms with van der Waals surface area (Å²) in [5.41, 5.74) is 0. The maximum absolute atomic E-state index is 11.7. The minimum Gasteiger partial charge on any atom is -0.461 e. The van der Waals surface area contributed by atoms with Crippen molar-refractivity contribution < 1.29 is 23.8 Å². The molecule has 24 heavy (non-hydrogen) atoms. The van der Waals surface area contributed by atoms with Gasteiger partial charge in [0.1, 0.15) is 12.7 Å². The second kappa shape index (κ2) is 11.8. The molecule has 0 radical (unpaired) electrons. The molecule has 0 heterocycles. The summed E-state index contributed by atoms with van der Waals surface area (Å²) >= 11 is 7.37. The quantitative estimate of drug-likeness (QED) is 0.294. The van der Waals surface area contributed by atoms with Gasteiger partial charge in [0.25, 0.3) is 0 Å². The van der Waals surface area contributed by atoms with Crippen LogP contribution in [-0.2, 0) is 19.0 Å². The summed E-state index contributed by atoms with van der Waals surface area (Å²) in [5, 5.41) is 3.17. The summed E-state index contributed by atoms with van der Waals surface area (Å²) in [6, 6.07) is 7.39. The number of ether oxygens (including phenoxy) is 3. The van der Waals surface area contributed by atoms with E-state index in [9.17, 15) is 9.59 Å². The topological polar surface area (TPSA) is 73.9 Å². The number of carbonyl (C=O) groups excluding carboxylic acids is 2. The number of hydrogen-bond donors (Lipinski definition) is 1. The number of halogens is 1. The number of benzene rings is 1. The standard InChI is InChI=1S/C16H20ClNO5S/c1-3-15(19)22-9-8-18-16(20)23-13(10-21-2)11-24-14-6-4-12(17)5-7-14/h3-7,13H,1,8-11H2,2H3,(H,18,20). The third-order valence-corrected chi connectivity index (χ3v) is 4.05. The number of nitrogens with one attached hydrogen (secondary N) is 1. The summed E-state index contributed by atoms with van der Waals surface area (Å²) in [7, 11) is 1.54. The number of esters is 1. The molecular formula is C16H20ClNO5S. The van der Waals surface area contributed by atoms with Gasteiger partial charge in [-0.15, -0.1) is 11.8 Å². The number of alkyl carbamates (subject to hydrolysis) is 1. The highest BCUT2D eigenvalue weighted by Crippen LogP contribution is 2.21. The smallest absolute Gasteiger partial charge is 0.407 e. The highest BCUT2D eigenvalue weighted by molar-refractivity contribution is 7.99. The number of amides is 1. The first-order chi connectivity index (χ1) is 11.5. The first kappa shape index (κ1) is 20.3. The van der Waals surface area contributed by atoms with E-state index in [1.54, 1.807) is 12.1 Å². The number of thioether (sulfide) groups is 1. The van der Waals surface area contributed by atoms with E-state index >= 15 is 0 Å². The van der Waals surface area contributed by atoms with Gasteiger partial charge < -0.3 is 19.5 Å². The van der Waals surface area contributed by atoms with Crippen LogP contribution in [0.15, 0.2) is 41.8 Å². The van der Waals surface area contributed by atoms with E-state index in [-0.39, 0.29) is 19.8 Å². The number of hydrogen-bond acceptors (Lipinski definition) is 6. The molecule has 0 fully saturated rings. The summed E-state index contributed by atoms with van der Waals surface area (Å²) in [5.74, 6) is -0.00395. The minimum atomic E-state index is -0.594. The lowest BCUT2D eigenvalue weighted by Gasteiger charge is -2.17. The molecule has 0 bridgehead atoms. The highest BCUT2D eigenvalue weighted by atomic mass is 35.5. The SMILES string of the molecule is C=CC(=O)OCCNC(=O)OC(COC)CSc1ccc(Cl)cc1. The molecule has 1 aromatic carbocycles. The molecule has 1 atom stereocenters. The number of methoxy groups -OCH3 is 1. The van der Waals surface area contributed by atoms with Crippen molar-refractivity contribution in [2.75, 3.05) is 32.6 Å². The van der Waals surface area contributed by atoms with Gasteiger partial charge in [0, 0.05) is 28.9 Å². The van der Waals surface area contributed by atoms with Crippen molar-refractivity contribution in [3.05, 3.63) is 41.9 Å². The predicted octanol–water partition coefficient (Wildman–Crippen LogP) is 2.90. The average Bonchev–Trinajstić information content (AvgIpc) is 2.58. The Morgan fingerprint density at radius 2 is 2.08 bits per heavy atom. The van der Waals surface area contributed by atoms with Crippen molar-refractivity contribution in [3.63, 3.8) is 0 Å². The molecule has 1 amide bonds. The van der Waals surface area contributed by atoms with E-state index in [0.717, 1.165) is 11.0 Å². The Balaban J connectivity index is 2.33. The fourth-order valence-corrected chi connectivity index (χ4v) is 2.58. The summed E-state index contributed by atoms with van der Waals surface area (Å²) in [4.78, 5) is 23.6. The van der Waals surface area contributed by atoms with Crippen LogP contribution in [0.25, 0.3) is 0 Å². The summed E-state index contributed by atoms with van der Waals surface area (Å²) < 4.78 is 15.1. The van der Waals surface area contributed by atoms with E-state index in [0.29, 0.717) is 10.8 Å². The third-order valence-electron chi connectivity index (χ3n) is 2.66. The lowest BCUT2D eigenvalue weighted by Crippen LogP contribution is -2.34. The van der Waals surface area contributed by atoms with Crippen molar-refractivity contribution in [1.29, 1.82) is 0 Å². The third kappa shape index (κ3) is 8.81. The van der Waals surface area contributed by atoms with Crippen LogP contribution in [0.5, 0.6) is 0 Å². The van der Waals surface area contributed by atoms with Gasteiger partial charge in [0.2, 0.25) is 0 Å². The number of carbonyl (C=O) groups is 2. The van der Waals surface area contributed by atoms with Gasteiger partial charge in [-0.3, -0.25) is 0 Å². The van der Waals surface area contributed by atoms with Crippen LogP contribution in [0.3, 0.4) is 0 Å². The first-order valence-corrected chi connectivity index (χ1v) is 8.52. The number of rotatable bonds is 10. The van der Waals surface area contributed by atoms with Crippen LogP contribution >= 0.6 is 23.4 Å². The van der Waals surface area contributed by atoms with Crippen molar-refractivity contribution in [1.82, 2.24) is 5.32 Å². The molecule has 6 nitrogen and oxygen atoms in total. The van der Waals surface area contributed by atoms with Crippen LogP contribution in [0, 0.1) is 0 Å². The largest absolute Gasteiger partial charge is 0.461 e. The first-order valence-electron chi connectivity index (χ1n) is 7.16. The molecule has 132 valence electrons. The van der Waals surface area contributed by atoms with Crippen molar-refractivity contribution in [2.45, 2.75) is 11.0 Å². The van der Waals surface area contributed by atoms with E-state index in [1.807, 2.05) is 12.1 Å². The normalized spacial score (nSPS) is 11.4. The zero-order chi connectivity index (χ0) is 17.8. The highest BCUT2D eigenvalue weighted by Gasteiger charge is 2.15. The second-order valence-electron chi connectivity index (χ2n) is 4.55. The molecule has 0 saturated heterocycles. The molecule has 1 N–H and O–H groups in total. The Hall–Kier alpha value is -1.70. The van der Waals surface area contributed by atoms with Crippen molar-refractivity contribution in [3.8, 4) is 0 Å². The van der Waals surface area contributed by atoms with Crippen molar-refractivity contribution in [2.24, 2.45) is 0 Å². The van der Waals surface area contributed by atoms with Crippen LogP contribution in [0.4, 0.5) is 4.79 Å². The molecule has 0 aromatic heterocycles. The van der Waals surface area contributed by atoms with Gasteiger partial charge in [-0.1, -0.05) is 18.2 Å².